The molecule has 0 aromatic heterocycles. The third kappa shape index (κ3) is 11.9. The highest BCUT2D eigenvalue weighted by molar-refractivity contribution is 4.46. The van der Waals surface area contributed by atoms with Crippen LogP contribution in [-0.2, 0) is 0 Å². The van der Waals surface area contributed by atoms with Crippen LogP contribution in [0.4, 0.5) is 0 Å². The average molecular weight is 186 g/mol. The predicted octanol–water partition coefficient (Wildman–Crippen LogP) is 2.80. The van der Waals surface area contributed by atoms with Gasteiger partial charge in [0.05, 0.1) is 0 Å². The molecule has 0 atom stereocenters. The third-order valence-electron chi connectivity index (χ3n) is 2.21. The molecule has 13 heavy (non-hydrogen) atoms. The zero-order valence-corrected chi connectivity index (χ0v) is 9.60. The van der Waals surface area contributed by atoms with E-state index in [0.717, 1.165) is 6.54 Å². The molecule has 0 aromatic rings. The van der Waals surface area contributed by atoms with E-state index in [2.05, 4.69) is 12.3 Å². The maximum atomic E-state index is 3.28. The van der Waals surface area contributed by atoms with E-state index < -0.39 is 0 Å². The van der Waals surface area contributed by atoms with Crippen LogP contribution in [0.25, 0.3) is 0 Å². The number of nitrogens with zero attached hydrogens (tertiary/aromatic N) is 1. The van der Waals surface area contributed by atoms with Crippen molar-refractivity contribution in [3.8, 4) is 0 Å². The van der Waals surface area contributed by atoms with Crippen LogP contribution < -0.4 is 5.43 Å². The average Bonchev–Trinajstić information content (AvgIpc) is 2.09. The quantitative estimate of drug-likeness (QED) is 0.440. The van der Waals surface area contributed by atoms with E-state index >= 15 is 0 Å². The van der Waals surface area contributed by atoms with Gasteiger partial charge >= 0.3 is 0 Å². The highest BCUT2D eigenvalue weighted by Crippen LogP contribution is 2.06. The number of unbranched alkanes of at least 4 members (excludes halogenated alkanes) is 6. The van der Waals surface area contributed by atoms with Crippen LogP contribution in [-0.4, -0.2) is 25.6 Å². The molecule has 0 rings (SSSR count). The van der Waals surface area contributed by atoms with Gasteiger partial charge in [-0.3, -0.25) is 10.4 Å². The van der Waals surface area contributed by atoms with E-state index in [1.807, 2.05) is 19.1 Å². The van der Waals surface area contributed by atoms with Gasteiger partial charge in [0.25, 0.3) is 0 Å². The zero-order chi connectivity index (χ0) is 9.94. The van der Waals surface area contributed by atoms with Crippen molar-refractivity contribution >= 4 is 0 Å². The largest absolute Gasteiger partial charge is 0.256 e. The maximum Gasteiger partial charge on any atom is 0.0102 e. The Balaban J connectivity index is 2.84. The van der Waals surface area contributed by atoms with Gasteiger partial charge in [-0.05, 0) is 6.42 Å². The number of nitrogens with one attached hydrogen (secondary N) is 1. The Morgan fingerprint density at radius 2 is 1.38 bits per heavy atom. The van der Waals surface area contributed by atoms with Crippen LogP contribution in [0.1, 0.15) is 51.9 Å². The second kappa shape index (κ2) is 10.0. The van der Waals surface area contributed by atoms with Gasteiger partial charge in [0, 0.05) is 20.6 Å². The lowest BCUT2D eigenvalue weighted by Crippen LogP contribution is -2.30. The maximum absolute atomic E-state index is 3.28. The van der Waals surface area contributed by atoms with Gasteiger partial charge < -0.3 is 0 Å². The van der Waals surface area contributed by atoms with Gasteiger partial charge in [0.15, 0.2) is 0 Å². The number of rotatable bonds is 9. The van der Waals surface area contributed by atoms with Crippen molar-refractivity contribution in [2.75, 3.05) is 20.6 Å². The van der Waals surface area contributed by atoms with E-state index in [0.29, 0.717) is 0 Å². The lowest BCUT2D eigenvalue weighted by Gasteiger charge is -2.11. The van der Waals surface area contributed by atoms with Crippen molar-refractivity contribution in [1.82, 2.24) is 10.4 Å². The Labute approximate surface area is 83.7 Å². The van der Waals surface area contributed by atoms with E-state index in [9.17, 15) is 0 Å². The highest BCUT2D eigenvalue weighted by atomic mass is 15.5. The standard InChI is InChI=1S/C11H26N2/c1-4-5-6-7-8-9-10-11-12-13(2)3/h12H,4-11H2,1-3H3. The topological polar surface area (TPSA) is 15.3 Å². The highest BCUT2D eigenvalue weighted by Gasteiger charge is 1.91. The molecular weight excluding hydrogens is 160 g/mol. The molecular formula is C11H26N2. The molecule has 0 unspecified atom stereocenters. The summed E-state index contributed by atoms with van der Waals surface area (Å²) in [5.41, 5.74) is 3.28. The second-order valence-electron chi connectivity index (χ2n) is 3.92. The fraction of sp³-hybridized carbons (Fsp3) is 1.00. The fourth-order valence-corrected chi connectivity index (χ4v) is 1.38. The zero-order valence-electron chi connectivity index (χ0n) is 9.60. The summed E-state index contributed by atoms with van der Waals surface area (Å²) in [6.45, 7) is 3.39. The van der Waals surface area contributed by atoms with Crippen LogP contribution in [0.5, 0.6) is 0 Å². The lowest BCUT2D eigenvalue weighted by molar-refractivity contribution is 0.286. The molecule has 2 heteroatoms. The van der Waals surface area contributed by atoms with Gasteiger partial charge in [-0.25, -0.2) is 0 Å². The van der Waals surface area contributed by atoms with Crippen molar-refractivity contribution in [3.05, 3.63) is 0 Å². The summed E-state index contributed by atoms with van der Waals surface area (Å²) >= 11 is 0. The monoisotopic (exact) mass is 186 g/mol. The Hall–Kier alpha value is -0.0800. The molecule has 2 nitrogen and oxygen atoms in total. The van der Waals surface area contributed by atoms with E-state index in [1.54, 1.807) is 0 Å². The van der Waals surface area contributed by atoms with Gasteiger partial charge in [0.2, 0.25) is 0 Å². The number of hydrogen-bond acceptors (Lipinski definition) is 2. The summed E-state index contributed by atoms with van der Waals surface area (Å²) in [6.07, 6.45) is 9.72. The molecule has 0 amide bonds. The Kier molecular flexibility index (Phi) is 9.94. The molecule has 0 fully saturated rings. The first-order valence-electron chi connectivity index (χ1n) is 5.68. The van der Waals surface area contributed by atoms with E-state index in [1.165, 1.54) is 44.9 Å². The minimum Gasteiger partial charge on any atom is -0.256 e. The van der Waals surface area contributed by atoms with Gasteiger partial charge in [-0.15, -0.1) is 0 Å². The molecule has 0 radical (unpaired) electrons. The lowest BCUT2D eigenvalue weighted by atomic mass is 10.1. The molecule has 1 N–H and O–H groups in total. The molecule has 0 aliphatic rings. The normalized spacial score (nSPS) is 11.1. The molecule has 0 bridgehead atoms. The first-order valence-corrected chi connectivity index (χ1v) is 5.68. The van der Waals surface area contributed by atoms with Crippen LogP contribution >= 0.6 is 0 Å². The van der Waals surface area contributed by atoms with Crippen LogP contribution in [0, 0.1) is 0 Å². The summed E-state index contributed by atoms with van der Waals surface area (Å²) in [5.74, 6) is 0. The minimum absolute atomic E-state index is 1.13. The van der Waals surface area contributed by atoms with Gasteiger partial charge in [-0.1, -0.05) is 45.4 Å². The van der Waals surface area contributed by atoms with Crippen molar-refractivity contribution in [2.24, 2.45) is 0 Å². The molecule has 80 valence electrons. The number of hydrazine groups is 1. The van der Waals surface area contributed by atoms with E-state index in [4.69, 9.17) is 0 Å². The summed E-state index contributed by atoms with van der Waals surface area (Å²) < 4.78 is 0. The van der Waals surface area contributed by atoms with Crippen LogP contribution in [0.2, 0.25) is 0 Å². The van der Waals surface area contributed by atoms with Crippen LogP contribution in [0.3, 0.4) is 0 Å². The molecule has 0 aliphatic carbocycles. The molecule has 0 saturated heterocycles. The van der Waals surface area contributed by atoms with Gasteiger partial charge in [0.1, 0.15) is 0 Å². The summed E-state index contributed by atoms with van der Waals surface area (Å²) in [4.78, 5) is 0. The van der Waals surface area contributed by atoms with E-state index in [-0.39, 0.29) is 0 Å². The number of hydrogen-bond donors (Lipinski definition) is 1. The summed E-state index contributed by atoms with van der Waals surface area (Å²) in [7, 11) is 4.09. The Bertz CT molecular complexity index is 92.1. The third-order valence-corrected chi connectivity index (χ3v) is 2.21. The Morgan fingerprint density at radius 1 is 0.846 bits per heavy atom. The molecule has 0 aromatic carbocycles. The van der Waals surface area contributed by atoms with Crippen molar-refractivity contribution in [2.45, 2.75) is 51.9 Å². The SMILES string of the molecule is CCCCCCCCCNN(C)C. The first-order chi connectivity index (χ1) is 6.27. The summed E-state index contributed by atoms with van der Waals surface area (Å²) in [5, 5.41) is 2.02. The molecule has 0 spiro atoms. The van der Waals surface area contributed by atoms with Crippen molar-refractivity contribution < 1.29 is 0 Å². The predicted molar refractivity (Wildman–Crippen MR) is 59.7 cm³/mol. The smallest absolute Gasteiger partial charge is 0.0102 e. The second-order valence-corrected chi connectivity index (χ2v) is 3.92. The molecule has 0 aliphatic heterocycles. The molecule has 0 heterocycles. The van der Waals surface area contributed by atoms with Gasteiger partial charge in [-0.2, -0.15) is 0 Å². The minimum atomic E-state index is 1.13. The van der Waals surface area contributed by atoms with Crippen molar-refractivity contribution in [1.29, 1.82) is 0 Å². The summed E-state index contributed by atoms with van der Waals surface area (Å²) in [6, 6.07) is 0. The van der Waals surface area contributed by atoms with Crippen LogP contribution in [0.15, 0.2) is 0 Å². The Morgan fingerprint density at radius 3 is 1.92 bits per heavy atom. The fourth-order valence-electron chi connectivity index (χ4n) is 1.38. The van der Waals surface area contributed by atoms with Crippen molar-refractivity contribution in [3.63, 3.8) is 0 Å². The molecule has 0 saturated carbocycles. The first kappa shape index (κ1) is 12.9.